The van der Waals surface area contributed by atoms with Crippen molar-refractivity contribution in [3.8, 4) is 6.07 Å². The fraction of sp³-hybridized carbons (Fsp3) is 0.533. The molecule has 1 aliphatic carbocycles. The molecule has 0 unspecified atom stereocenters. The van der Waals surface area contributed by atoms with Gasteiger partial charge in [0.1, 0.15) is 11.6 Å². The lowest BCUT2D eigenvalue weighted by Gasteiger charge is -2.34. The van der Waals surface area contributed by atoms with Crippen molar-refractivity contribution < 1.29 is 4.92 Å². The van der Waals surface area contributed by atoms with E-state index in [1.165, 1.54) is 44.2 Å². The van der Waals surface area contributed by atoms with E-state index in [1.807, 2.05) is 6.07 Å². The van der Waals surface area contributed by atoms with Gasteiger partial charge < -0.3 is 5.32 Å². The van der Waals surface area contributed by atoms with Crippen molar-refractivity contribution in [2.75, 3.05) is 11.9 Å². The second-order valence-electron chi connectivity index (χ2n) is 5.83. The van der Waals surface area contributed by atoms with Crippen LogP contribution in [-0.2, 0) is 0 Å². The van der Waals surface area contributed by atoms with Crippen LogP contribution in [0.3, 0.4) is 0 Å². The van der Waals surface area contributed by atoms with E-state index in [1.54, 1.807) is 6.07 Å². The Labute approximate surface area is 118 Å². The highest BCUT2D eigenvalue weighted by Crippen LogP contribution is 2.36. The molecular formula is C15H19N3O2. The molecule has 1 aromatic carbocycles. The van der Waals surface area contributed by atoms with Gasteiger partial charge in [-0.1, -0.05) is 26.2 Å². The highest BCUT2D eigenvalue weighted by atomic mass is 16.6. The van der Waals surface area contributed by atoms with Crippen LogP contribution in [0.2, 0.25) is 0 Å². The first-order valence-electron chi connectivity index (χ1n) is 6.96. The van der Waals surface area contributed by atoms with Crippen molar-refractivity contribution in [2.24, 2.45) is 5.41 Å². The maximum Gasteiger partial charge on any atom is 0.289 e. The minimum Gasteiger partial charge on any atom is -0.384 e. The minimum absolute atomic E-state index is 0.101. The van der Waals surface area contributed by atoms with Gasteiger partial charge in [0.2, 0.25) is 0 Å². The van der Waals surface area contributed by atoms with E-state index in [2.05, 4.69) is 12.2 Å². The predicted molar refractivity (Wildman–Crippen MR) is 77.5 cm³/mol. The second-order valence-corrected chi connectivity index (χ2v) is 5.83. The third-order valence-electron chi connectivity index (χ3n) is 4.09. The van der Waals surface area contributed by atoms with Crippen LogP contribution in [0.5, 0.6) is 0 Å². The van der Waals surface area contributed by atoms with E-state index in [0.717, 1.165) is 6.54 Å². The molecule has 5 heteroatoms. The van der Waals surface area contributed by atoms with Crippen LogP contribution in [0.25, 0.3) is 0 Å². The summed E-state index contributed by atoms with van der Waals surface area (Å²) in [4.78, 5) is 10.4. The monoisotopic (exact) mass is 273 g/mol. The molecule has 5 nitrogen and oxygen atoms in total. The molecule has 0 atom stereocenters. The molecule has 1 aromatic rings. The molecule has 106 valence electrons. The topological polar surface area (TPSA) is 79.0 Å². The molecule has 0 spiro atoms. The maximum absolute atomic E-state index is 10.9. The van der Waals surface area contributed by atoms with Crippen molar-refractivity contribution in [1.82, 2.24) is 0 Å². The highest BCUT2D eigenvalue weighted by Gasteiger charge is 2.26. The lowest BCUT2D eigenvalue weighted by atomic mass is 9.76. The van der Waals surface area contributed by atoms with Gasteiger partial charge in [-0.15, -0.1) is 0 Å². The summed E-state index contributed by atoms with van der Waals surface area (Å²) in [6.07, 6.45) is 6.20. The van der Waals surface area contributed by atoms with Crippen molar-refractivity contribution in [3.63, 3.8) is 0 Å². The molecule has 1 aliphatic rings. The molecule has 0 aromatic heterocycles. The molecule has 0 amide bonds. The summed E-state index contributed by atoms with van der Waals surface area (Å²) >= 11 is 0. The zero-order valence-corrected chi connectivity index (χ0v) is 11.7. The van der Waals surface area contributed by atoms with Gasteiger partial charge in [0, 0.05) is 18.3 Å². The number of nitro groups is 1. The van der Waals surface area contributed by atoms with Crippen LogP contribution in [0.1, 0.15) is 44.6 Å². The Morgan fingerprint density at radius 1 is 1.40 bits per heavy atom. The SMILES string of the molecule is CC1(CNc2ccc(C#N)c([N+](=O)[O-])c2)CCCCC1. The summed E-state index contributed by atoms with van der Waals surface area (Å²) in [7, 11) is 0. The zero-order chi connectivity index (χ0) is 14.6. The van der Waals surface area contributed by atoms with Crippen LogP contribution in [0, 0.1) is 26.9 Å². The molecule has 0 bridgehead atoms. The van der Waals surface area contributed by atoms with Gasteiger partial charge in [-0.05, 0) is 30.4 Å². The van der Waals surface area contributed by atoms with E-state index in [4.69, 9.17) is 5.26 Å². The van der Waals surface area contributed by atoms with Crippen molar-refractivity contribution in [2.45, 2.75) is 39.0 Å². The molecular weight excluding hydrogens is 254 g/mol. The molecule has 0 heterocycles. The van der Waals surface area contributed by atoms with E-state index < -0.39 is 4.92 Å². The fourth-order valence-electron chi connectivity index (χ4n) is 2.78. The Morgan fingerprint density at radius 2 is 2.10 bits per heavy atom. The molecule has 1 fully saturated rings. The van der Waals surface area contributed by atoms with E-state index in [0.29, 0.717) is 5.69 Å². The number of nitrogens with one attached hydrogen (secondary N) is 1. The van der Waals surface area contributed by atoms with Crippen LogP contribution in [0.4, 0.5) is 11.4 Å². The van der Waals surface area contributed by atoms with E-state index in [9.17, 15) is 10.1 Å². The average Bonchev–Trinajstić information content (AvgIpc) is 2.45. The van der Waals surface area contributed by atoms with Crippen molar-refractivity contribution in [3.05, 3.63) is 33.9 Å². The fourth-order valence-corrected chi connectivity index (χ4v) is 2.78. The number of rotatable bonds is 4. The first-order valence-corrected chi connectivity index (χ1v) is 6.96. The minimum atomic E-state index is -0.508. The Kier molecular flexibility index (Phi) is 4.23. The van der Waals surface area contributed by atoms with Crippen molar-refractivity contribution >= 4 is 11.4 Å². The number of hydrogen-bond acceptors (Lipinski definition) is 4. The lowest BCUT2D eigenvalue weighted by Crippen LogP contribution is -2.28. The van der Waals surface area contributed by atoms with Gasteiger partial charge in [0.05, 0.1) is 4.92 Å². The van der Waals surface area contributed by atoms with Gasteiger partial charge in [0.25, 0.3) is 5.69 Å². The average molecular weight is 273 g/mol. The summed E-state index contributed by atoms with van der Waals surface area (Å²) < 4.78 is 0. The molecule has 0 radical (unpaired) electrons. The Balaban J connectivity index is 2.08. The van der Waals surface area contributed by atoms with Gasteiger partial charge in [0.15, 0.2) is 0 Å². The molecule has 2 rings (SSSR count). The molecule has 1 N–H and O–H groups in total. The number of anilines is 1. The zero-order valence-electron chi connectivity index (χ0n) is 11.7. The number of nitriles is 1. The molecule has 1 saturated carbocycles. The van der Waals surface area contributed by atoms with Crippen LogP contribution >= 0.6 is 0 Å². The quantitative estimate of drug-likeness (QED) is 0.667. The largest absolute Gasteiger partial charge is 0.384 e. The second kappa shape index (κ2) is 5.91. The molecule has 20 heavy (non-hydrogen) atoms. The third kappa shape index (κ3) is 3.27. The van der Waals surface area contributed by atoms with Gasteiger partial charge in [-0.3, -0.25) is 10.1 Å². The summed E-state index contributed by atoms with van der Waals surface area (Å²) in [5.74, 6) is 0. The maximum atomic E-state index is 10.9. The molecule has 0 aliphatic heterocycles. The van der Waals surface area contributed by atoms with Gasteiger partial charge in [-0.25, -0.2) is 0 Å². The summed E-state index contributed by atoms with van der Waals surface area (Å²) in [5.41, 5.74) is 0.944. The predicted octanol–water partition coefficient (Wildman–Crippen LogP) is 3.85. The number of hydrogen-bond donors (Lipinski definition) is 1. The van der Waals surface area contributed by atoms with Crippen LogP contribution in [0.15, 0.2) is 18.2 Å². The normalized spacial score (nSPS) is 17.2. The van der Waals surface area contributed by atoms with Crippen molar-refractivity contribution in [1.29, 1.82) is 5.26 Å². The summed E-state index contributed by atoms with van der Waals surface area (Å²) in [5, 5.41) is 23.1. The van der Waals surface area contributed by atoms with E-state index in [-0.39, 0.29) is 16.7 Å². The van der Waals surface area contributed by atoms with Gasteiger partial charge >= 0.3 is 0 Å². The first kappa shape index (κ1) is 14.3. The third-order valence-corrected chi connectivity index (χ3v) is 4.09. The number of benzene rings is 1. The Hall–Kier alpha value is -2.09. The standard InChI is InChI=1S/C15H19N3O2/c1-15(7-3-2-4-8-15)11-17-13-6-5-12(10-16)14(9-13)18(19)20/h5-6,9,17H,2-4,7-8,11H2,1H3. The van der Waals surface area contributed by atoms with Crippen LogP contribution in [-0.4, -0.2) is 11.5 Å². The smallest absolute Gasteiger partial charge is 0.289 e. The highest BCUT2D eigenvalue weighted by molar-refractivity contribution is 5.59. The summed E-state index contributed by atoms with van der Waals surface area (Å²) in [6, 6.07) is 6.53. The van der Waals surface area contributed by atoms with Gasteiger partial charge in [-0.2, -0.15) is 5.26 Å². The summed E-state index contributed by atoms with van der Waals surface area (Å²) in [6.45, 7) is 3.08. The van der Waals surface area contributed by atoms with Crippen LogP contribution < -0.4 is 5.32 Å². The van der Waals surface area contributed by atoms with E-state index >= 15 is 0 Å². The Bertz CT molecular complexity index is 543. The lowest BCUT2D eigenvalue weighted by molar-refractivity contribution is -0.385. The number of nitro benzene ring substituents is 1. The number of nitrogens with zero attached hydrogens (tertiary/aromatic N) is 2. The first-order chi connectivity index (χ1) is 9.54. The molecule has 0 saturated heterocycles. The Morgan fingerprint density at radius 3 is 2.70 bits per heavy atom.